The topological polar surface area (TPSA) is 73.6 Å². The Bertz CT molecular complexity index is 1170. The van der Waals surface area contributed by atoms with Crippen molar-refractivity contribution in [1.29, 1.82) is 0 Å². The summed E-state index contributed by atoms with van der Waals surface area (Å²) >= 11 is 0. The van der Waals surface area contributed by atoms with Gasteiger partial charge in [0.15, 0.2) is 17.3 Å². The van der Waals surface area contributed by atoms with Crippen molar-refractivity contribution in [1.82, 2.24) is 19.6 Å². The number of fused-ring (bicyclic) bond motifs is 2. The van der Waals surface area contributed by atoms with Gasteiger partial charge >= 0.3 is 0 Å². The normalized spacial score (nSPS) is 12.5. The lowest BCUT2D eigenvalue weighted by molar-refractivity contribution is 0.174. The van der Waals surface area contributed by atoms with Crippen LogP contribution < -0.4 is 14.8 Å². The molecule has 2 aromatic carbocycles. The number of aryl methyl sites for hydroxylation is 2. The number of hydrogen-bond acceptors (Lipinski definition) is 6. The summed E-state index contributed by atoms with van der Waals surface area (Å²) in [6.45, 7) is 4.24. The second-order valence-corrected chi connectivity index (χ2v) is 6.49. The maximum atomic E-state index is 5.45. The minimum absolute atomic E-state index is 0.250. The number of rotatable bonds is 3. The Labute approximate surface area is 155 Å². The van der Waals surface area contributed by atoms with E-state index >= 15 is 0 Å². The van der Waals surface area contributed by atoms with Crippen LogP contribution in [0, 0.1) is 13.8 Å². The third-order valence-electron chi connectivity index (χ3n) is 4.36. The zero-order chi connectivity index (χ0) is 18.4. The molecule has 27 heavy (non-hydrogen) atoms. The Hall–Kier alpha value is -3.61. The van der Waals surface area contributed by atoms with E-state index < -0.39 is 0 Å². The highest BCUT2D eigenvalue weighted by Crippen LogP contribution is 2.35. The molecule has 134 valence electrons. The third kappa shape index (κ3) is 2.83. The highest BCUT2D eigenvalue weighted by Gasteiger charge is 2.15. The predicted molar refractivity (Wildman–Crippen MR) is 102 cm³/mol. The maximum absolute atomic E-state index is 5.45. The van der Waals surface area contributed by atoms with E-state index in [1.165, 1.54) is 0 Å². The quantitative estimate of drug-likeness (QED) is 0.598. The molecule has 0 saturated heterocycles. The van der Waals surface area contributed by atoms with Gasteiger partial charge in [-0.2, -0.15) is 9.50 Å². The van der Waals surface area contributed by atoms with Crippen molar-refractivity contribution >= 4 is 17.3 Å². The van der Waals surface area contributed by atoms with Gasteiger partial charge < -0.3 is 14.8 Å². The van der Waals surface area contributed by atoms with E-state index in [9.17, 15) is 0 Å². The molecule has 7 nitrogen and oxygen atoms in total. The van der Waals surface area contributed by atoms with Gasteiger partial charge in [0.1, 0.15) is 5.82 Å². The molecule has 0 spiro atoms. The first kappa shape index (κ1) is 15.6. The molecule has 0 saturated carbocycles. The largest absolute Gasteiger partial charge is 0.454 e. The van der Waals surface area contributed by atoms with Gasteiger partial charge in [0.25, 0.3) is 5.78 Å². The summed E-state index contributed by atoms with van der Waals surface area (Å²) in [5, 5.41) is 8.04. The average Bonchev–Trinajstić information content (AvgIpc) is 3.28. The van der Waals surface area contributed by atoms with Crippen molar-refractivity contribution < 1.29 is 9.47 Å². The molecular formula is C20H17N5O2. The molecule has 0 radical (unpaired) electrons. The predicted octanol–water partition coefficient (Wildman–Crippen LogP) is 3.88. The summed E-state index contributed by atoms with van der Waals surface area (Å²) in [6.07, 6.45) is 0. The molecular weight excluding hydrogens is 342 g/mol. The van der Waals surface area contributed by atoms with E-state index in [1.807, 2.05) is 56.3 Å². The molecule has 7 heteroatoms. The number of ether oxygens (including phenoxy) is 2. The lowest BCUT2D eigenvalue weighted by Gasteiger charge is -2.09. The van der Waals surface area contributed by atoms with Crippen LogP contribution in [0.15, 0.2) is 48.5 Å². The van der Waals surface area contributed by atoms with Gasteiger partial charge in [-0.05, 0) is 32.0 Å². The van der Waals surface area contributed by atoms with Crippen LogP contribution >= 0.6 is 0 Å². The molecule has 0 atom stereocenters. The third-order valence-corrected chi connectivity index (χ3v) is 4.36. The monoisotopic (exact) mass is 359 g/mol. The number of hydrogen-bond donors (Lipinski definition) is 1. The Morgan fingerprint density at radius 3 is 2.74 bits per heavy atom. The lowest BCUT2D eigenvalue weighted by Crippen LogP contribution is -2.02. The van der Waals surface area contributed by atoms with E-state index in [0.717, 1.165) is 39.8 Å². The first-order chi connectivity index (χ1) is 13.2. The zero-order valence-corrected chi connectivity index (χ0v) is 14.9. The smallest absolute Gasteiger partial charge is 0.254 e. The van der Waals surface area contributed by atoms with Crippen molar-refractivity contribution in [3.8, 4) is 22.9 Å². The Morgan fingerprint density at radius 1 is 0.963 bits per heavy atom. The minimum atomic E-state index is 0.250. The van der Waals surface area contributed by atoms with Crippen molar-refractivity contribution in [2.24, 2.45) is 0 Å². The molecule has 0 bridgehead atoms. The van der Waals surface area contributed by atoms with Gasteiger partial charge in [0, 0.05) is 29.1 Å². The number of benzene rings is 2. The maximum Gasteiger partial charge on any atom is 0.254 e. The van der Waals surface area contributed by atoms with E-state index in [0.29, 0.717) is 11.6 Å². The van der Waals surface area contributed by atoms with Gasteiger partial charge in [-0.3, -0.25) is 0 Å². The second-order valence-electron chi connectivity index (χ2n) is 6.49. The van der Waals surface area contributed by atoms with Gasteiger partial charge in [0.2, 0.25) is 6.79 Å². The summed E-state index contributed by atoms with van der Waals surface area (Å²) in [7, 11) is 0. The molecule has 1 N–H and O–H groups in total. The van der Waals surface area contributed by atoms with E-state index in [-0.39, 0.29) is 6.79 Å². The number of aromatic nitrogens is 4. The molecule has 4 aromatic rings. The summed E-state index contributed by atoms with van der Waals surface area (Å²) in [5.74, 6) is 3.45. The Morgan fingerprint density at radius 2 is 1.85 bits per heavy atom. The van der Waals surface area contributed by atoms with E-state index in [2.05, 4.69) is 26.4 Å². The first-order valence-electron chi connectivity index (χ1n) is 8.64. The average molecular weight is 359 g/mol. The fourth-order valence-corrected chi connectivity index (χ4v) is 3.10. The second kappa shape index (κ2) is 5.98. The van der Waals surface area contributed by atoms with Gasteiger partial charge in [0.05, 0.1) is 0 Å². The number of nitrogens with one attached hydrogen (secondary N) is 1. The summed E-state index contributed by atoms with van der Waals surface area (Å²) in [6, 6.07) is 15.8. The number of nitrogens with zero attached hydrogens (tertiary/aromatic N) is 4. The molecule has 3 heterocycles. The highest BCUT2D eigenvalue weighted by atomic mass is 16.7. The fourth-order valence-electron chi connectivity index (χ4n) is 3.10. The van der Waals surface area contributed by atoms with Crippen molar-refractivity contribution in [2.45, 2.75) is 13.8 Å². The van der Waals surface area contributed by atoms with Crippen LogP contribution in [0.5, 0.6) is 11.5 Å². The summed E-state index contributed by atoms with van der Waals surface area (Å²) < 4.78 is 12.5. The Balaban J connectivity index is 1.57. The molecule has 0 unspecified atom stereocenters. The summed E-state index contributed by atoms with van der Waals surface area (Å²) in [5.41, 5.74) is 3.86. The van der Waals surface area contributed by atoms with Gasteiger partial charge in [-0.25, -0.2) is 4.98 Å². The van der Waals surface area contributed by atoms with Gasteiger partial charge in [-0.15, -0.1) is 5.10 Å². The fraction of sp³-hybridized carbons (Fsp3) is 0.150. The molecule has 2 aromatic heterocycles. The standard InChI is InChI=1S/C20H17N5O2/c1-12-4-3-5-14(8-12)19-23-20-21-13(2)9-18(25(20)24-19)22-15-6-7-16-17(10-15)27-11-26-16/h3-10,22H,11H2,1-2H3. The van der Waals surface area contributed by atoms with Gasteiger partial charge in [-0.1, -0.05) is 23.8 Å². The minimum Gasteiger partial charge on any atom is -0.454 e. The van der Waals surface area contributed by atoms with Crippen molar-refractivity contribution in [3.63, 3.8) is 0 Å². The van der Waals surface area contributed by atoms with E-state index in [1.54, 1.807) is 4.52 Å². The summed E-state index contributed by atoms with van der Waals surface area (Å²) in [4.78, 5) is 9.11. The van der Waals surface area contributed by atoms with Crippen LogP contribution in [0.25, 0.3) is 17.2 Å². The molecule has 1 aliphatic rings. The first-order valence-corrected chi connectivity index (χ1v) is 8.64. The molecule has 0 aliphatic carbocycles. The van der Waals surface area contributed by atoms with Crippen LogP contribution in [0.4, 0.5) is 11.5 Å². The van der Waals surface area contributed by atoms with E-state index in [4.69, 9.17) is 9.47 Å². The van der Waals surface area contributed by atoms with Crippen LogP contribution in [0.1, 0.15) is 11.3 Å². The SMILES string of the molecule is Cc1cccc(-c2nc3nc(C)cc(Nc4ccc5c(c4)OCO5)n3n2)c1. The molecule has 1 aliphatic heterocycles. The molecule has 0 amide bonds. The zero-order valence-electron chi connectivity index (χ0n) is 14.9. The highest BCUT2D eigenvalue weighted by molar-refractivity contribution is 5.65. The molecule has 0 fully saturated rings. The lowest BCUT2D eigenvalue weighted by atomic mass is 10.1. The van der Waals surface area contributed by atoms with Crippen LogP contribution in [-0.4, -0.2) is 26.4 Å². The van der Waals surface area contributed by atoms with Crippen LogP contribution in [-0.2, 0) is 0 Å². The number of anilines is 2. The van der Waals surface area contributed by atoms with Crippen molar-refractivity contribution in [2.75, 3.05) is 12.1 Å². The van der Waals surface area contributed by atoms with Crippen molar-refractivity contribution in [3.05, 3.63) is 59.8 Å². The molecule has 5 rings (SSSR count). The van der Waals surface area contributed by atoms with Crippen LogP contribution in [0.3, 0.4) is 0 Å². The van der Waals surface area contributed by atoms with Crippen LogP contribution in [0.2, 0.25) is 0 Å². The Kier molecular flexibility index (Phi) is 3.46.